The van der Waals surface area contributed by atoms with Crippen molar-refractivity contribution in [3.63, 3.8) is 0 Å². The standard InChI is InChI=1S/C18H17N3O4/c1-11-4-3-9-21-15(11)20-17(23)14(18(21)24)16(22)19-10-12-5-7-13(25-2)8-6-12/h3-9,14H,10H2,1-2H3,(H,19,22). The molecule has 2 aliphatic heterocycles. The molecule has 0 bridgehead atoms. The van der Waals surface area contributed by atoms with E-state index in [1.807, 2.05) is 0 Å². The minimum Gasteiger partial charge on any atom is -0.497 e. The number of nitrogens with one attached hydrogen (secondary N) is 1. The van der Waals surface area contributed by atoms with Gasteiger partial charge < -0.3 is 10.1 Å². The van der Waals surface area contributed by atoms with Crippen LogP contribution in [0.1, 0.15) is 12.5 Å². The second-order valence-corrected chi connectivity index (χ2v) is 5.67. The van der Waals surface area contributed by atoms with E-state index < -0.39 is 23.6 Å². The first-order chi connectivity index (χ1) is 12.0. The fourth-order valence-corrected chi connectivity index (χ4v) is 2.60. The number of benzene rings is 1. The van der Waals surface area contributed by atoms with Crippen LogP contribution in [-0.4, -0.2) is 35.6 Å². The predicted octanol–water partition coefficient (Wildman–Crippen LogP) is 1.17. The molecule has 1 atom stereocenters. The fourth-order valence-electron chi connectivity index (χ4n) is 2.60. The molecular formula is C18H17N3O4. The number of ether oxygens (including phenoxy) is 1. The minimum absolute atomic E-state index is 0.200. The quantitative estimate of drug-likeness (QED) is 0.834. The highest BCUT2D eigenvalue weighted by molar-refractivity contribution is 6.28. The molecule has 1 aromatic rings. The Bertz CT molecular complexity index is 821. The monoisotopic (exact) mass is 339 g/mol. The maximum Gasteiger partial charge on any atom is 0.269 e. The van der Waals surface area contributed by atoms with Crippen LogP contribution in [0.2, 0.25) is 0 Å². The van der Waals surface area contributed by atoms with Crippen molar-refractivity contribution in [3.05, 3.63) is 53.8 Å². The van der Waals surface area contributed by atoms with Crippen LogP contribution in [0.3, 0.4) is 0 Å². The number of aliphatic imine (C=N–C) groups is 1. The van der Waals surface area contributed by atoms with Crippen molar-refractivity contribution in [2.45, 2.75) is 13.5 Å². The van der Waals surface area contributed by atoms with Gasteiger partial charge in [0.2, 0.25) is 5.91 Å². The number of allylic oxidation sites excluding steroid dienone is 2. The lowest BCUT2D eigenvalue weighted by atomic mass is 10.0. The molecule has 25 heavy (non-hydrogen) atoms. The van der Waals surface area contributed by atoms with Gasteiger partial charge in [0, 0.05) is 12.7 Å². The normalized spacial score (nSPS) is 19.1. The Labute approximate surface area is 144 Å². The lowest BCUT2D eigenvalue weighted by Crippen LogP contribution is -2.51. The number of fused-ring (bicyclic) bond motifs is 1. The van der Waals surface area contributed by atoms with Gasteiger partial charge >= 0.3 is 0 Å². The van der Waals surface area contributed by atoms with Crippen molar-refractivity contribution in [1.82, 2.24) is 10.2 Å². The molecule has 128 valence electrons. The number of carbonyl (C=O) groups is 3. The molecule has 0 radical (unpaired) electrons. The van der Waals surface area contributed by atoms with E-state index in [0.717, 1.165) is 5.56 Å². The van der Waals surface area contributed by atoms with Gasteiger partial charge in [0.05, 0.1) is 7.11 Å². The number of hydrogen-bond donors (Lipinski definition) is 1. The number of methoxy groups -OCH3 is 1. The Morgan fingerprint density at radius 2 is 2.00 bits per heavy atom. The lowest BCUT2D eigenvalue weighted by Gasteiger charge is -2.29. The molecule has 0 saturated heterocycles. The molecule has 0 saturated carbocycles. The first kappa shape index (κ1) is 16.6. The van der Waals surface area contributed by atoms with E-state index in [0.29, 0.717) is 11.3 Å². The van der Waals surface area contributed by atoms with E-state index in [2.05, 4.69) is 10.3 Å². The molecular weight excluding hydrogens is 322 g/mol. The van der Waals surface area contributed by atoms with Crippen molar-refractivity contribution < 1.29 is 19.1 Å². The second kappa shape index (κ2) is 6.72. The van der Waals surface area contributed by atoms with Gasteiger partial charge in [-0.3, -0.25) is 19.3 Å². The van der Waals surface area contributed by atoms with Gasteiger partial charge in [-0.05, 0) is 36.3 Å². The first-order valence-corrected chi connectivity index (χ1v) is 7.73. The van der Waals surface area contributed by atoms with Crippen molar-refractivity contribution in [1.29, 1.82) is 0 Å². The molecule has 1 unspecified atom stereocenters. The average molecular weight is 339 g/mol. The van der Waals surface area contributed by atoms with E-state index in [1.165, 1.54) is 11.1 Å². The van der Waals surface area contributed by atoms with Crippen molar-refractivity contribution >= 4 is 23.6 Å². The molecule has 0 fully saturated rings. The van der Waals surface area contributed by atoms with Crippen LogP contribution < -0.4 is 10.1 Å². The third-order valence-electron chi connectivity index (χ3n) is 4.00. The zero-order valence-electron chi connectivity index (χ0n) is 13.9. The fraction of sp³-hybridized carbons (Fsp3) is 0.222. The van der Waals surface area contributed by atoms with E-state index in [9.17, 15) is 14.4 Å². The van der Waals surface area contributed by atoms with Crippen molar-refractivity contribution in [3.8, 4) is 5.75 Å². The Morgan fingerprint density at radius 3 is 2.68 bits per heavy atom. The number of rotatable bonds is 4. The molecule has 0 spiro atoms. The second-order valence-electron chi connectivity index (χ2n) is 5.67. The van der Waals surface area contributed by atoms with Gasteiger partial charge in [0.1, 0.15) is 11.6 Å². The summed E-state index contributed by atoms with van der Waals surface area (Å²) >= 11 is 0. The molecule has 1 aromatic carbocycles. The van der Waals surface area contributed by atoms with E-state index in [1.54, 1.807) is 50.5 Å². The summed E-state index contributed by atoms with van der Waals surface area (Å²) in [7, 11) is 1.57. The maximum atomic E-state index is 12.5. The zero-order chi connectivity index (χ0) is 18.0. The average Bonchev–Trinajstić information content (AvgIpc) is 2.61. The zero-order valence-corrected chi connectivity index (χ0v) is 13.9. The van der Waals surface area contributed by atoms with Gasteiger partial charge in [-0.1, -0.05) is 18.2 Å². The molecule has 7 heteroatoms. The third-order valence-corrected chi connectivity index (χ3v) is 4.00. The minimum atomic E-state index is -1.46. The summed E-state index contributed by atoms with van der Waals surface area (Å²) in [5.41, 5.74) is 1.52. The van der Waals surface area contributed by atoms with Gasteiger partial charge in [-0.15, -0.1) is 0 Å². The van der Waals surface area contributed by atoms with Gasteiger partial charge in [-0.25, -0.2) is 0 Å². The molecule has 2 aliphatic rings. The van der Waals surface area contributed by atoms with Gasteiger partial charge in [0.25, 0.3) is 11.8 Å². The van der Waals surface area contributed by atoms with Crippen molar-refractivity contribution in [2.75, 3.05) is 7.11 Å². The van der Waals surface area contributed by atoms with Crippen LogP contribution in [0.15, 0.2) is 53.2 Å². The van der Waals surface area contributed by atoms with Crippen LogP contribution in [-0.2, 0) is 20.9 Å². The largest absolute Gasteiger partial charge is 0.497 e. The van der Waals surface area contributed by atoms with E-state index in [-0.39, 0.29) is 12.4 Å². The summed E-state index contributed by atoms with van der Waals surface area (Å²) in [6.07, 6.45) is 4.93. The topological polar surface area (TPSA) is 88.1 Å². The van der Waals surface area contributed by atoms with Crippen LogP contribution in [0.5, 0.6) is 5.75 Å². The Hall–Kier alpha value is -3.22. The summed E-state index contributed by atoms with van der Waals surface area (Å²) in [5.74, 6) is -2.48. The molecule has 2 heterocycles. The summed E-state index contributed by atoms with van der Waals surface area (Å²) < 4.78 is 5.07. The Balaban J connectivity index is 1.71. The van der Waals surface area contributed by atoms with E-state index >= 15 is 0 Å². The van der Waals surface area contributed by atoms with Crippen LogP contribution in [0, 0.1) is 5.92 Å². The van der Waals surface area contributed by atoms with Crippen LogP contribution in [0.25, 0.3) is 0 Å². The SMILES string of the molecule is COc1ccc(CNC(=O)C2C(=O)N=C3C(C)=CC=CN3C2=O)cc1. The number of amides is 3. The number of carbonyl (C=O) groups excluding carboxylic acids is 3. The predicted molar refractivity (Wildman–Crippen MR) is 90.5 cm³/mol. The van der Waals surface area contributed by atoms with Gasteiger partial charge in [0.15, 0.2) is 5.92 Å². The van der Waals surface area contributed by atoms with Crippen LogP contribution in [0.4, 0.5) is 0 Å². The summed E-state index contributed by atoms with van der Waals surface area (Å²) in [4.78, 5) is 42.2. The molecule has 3 rings (SSSR count). The molecule has 0 aliphatic carbocycles. The summed E-state index contributed by atoms with van der Waals surface area (Å²) in [6, 6.07) is 7.12. The number of nitrogens with zero attached hydrogens (tertiary/aromatic N) is 2. The highest BCUT2D eigenvalue weighted by Gasteiger charge is 2.42. The first-order valence-electron chi connectivity index (χ1n) is 7.73. The summed E-state index contributed by atoms with van der Waals surface area (Å²) in [5, 5.41) is 2.62. The smallest absolute Gasteiger partial charge is 0.269 e. The Morgan fingerprint density at radius 1 is 1.28 bits per heavy atom. The van der Waals surface area contributed by atoms with Gasteiger partial charge in [-0.2, -0.15) is 4.99 Å². The highest BCUT2D eigenvalue weighted by atomic mass is 16.5. The molecule has 7 nitrogen and oxygen atoms in total. The van der Waals surface area contributed by atoms with Crippen molar-refractivity contribution in [2.24, 2.45) is 10.9 Å². The molecule has 0 aromatic heterocycles. The molecule has 3 amide bonds. The lowest BCUT2D eigenvalue weighted by molar-refractivity contribution is -0.144. The maximum absolute atomic E-state index is 12.5. The van der Waals surface area contributed by atoms with E-state index in [4.69, 9.17) is 4.74 Å². The van der Waals surface area contributed by atoms with Crippen LogP contribution >= 0.6 is 0 Å². The molecule has 1 N–H and O–H groups in total. The number of amidine groups is 1. The summed E-state index contributed by atoms with van der Waals surface area (Å²) in [6.45, 7) is 1.95. The highest BCUT2D eigenvalue weighted by Crippen LogP contribution is 2.21. The Kier molecular flexibility index (Phi) is 4.47. The third kappa shape index (κ3) is 3.21. The number of hydrogen-bond acceptors (Lipinski definition) is 4.